The van der Waals surface area contributed by atoms with Crippen molar-refractivity contribution < 1.29 is 9.53 Å². The molecule has 0 spiro atoms. The van der Waals surface area contributed by atoms with Gasteiger partial charge in [0.15, 0.2) is 5.17 Å². The molecule has 1 aromatic rings. The zero-order valence-corrected chi connectivity index (χ0v) is 15.9. The van der Waals surface area contributed by atoms with Crippen LogP contribution in [0.15, 0.2) is 29.3 Å². The number of anilines is 1. The van der Waals surface area contributed by atoms with Gasteiger partial charge in [-0.05, 0) is 31.2 Å². The van der Waals surface area contributed by atoms with Gasteiger partial charge in [-0.2, -0.15) is 0 Å². The number of methoxy groups -OCH3 is 1. The Morgan fingerprint density at radius 1 is 1.28 bits per heavy atom. The topological polar surface area (TPSA) is 57.2 Å². The van der Waals surface area contributed by atoms with Gasteiger partial charge in [0.1, 0.15) is 5.75 Å². The number of hydrogen-bond donors (Lipinski definition) is 1. The maximum absolute atomic E-state index is 12.5. The SMILES string of the molecule is COc1ccc(NC(=O)C(C)N2CCN(C3=NCC(C)S3)CC2)cc1. The summed E-state index contributed by atoms with van der Waals surface area (Å²) in [6.45, 7) is 8.72. The van der Waals surface area contributed by atoms with Crippen LogP contribution in [0, 0.1) is 0 Å². The molecule has 2 heterocycles. The van der Waals surface area contributed by atoms with Gasteiger partial charge in [-0.1, -0.05) is 18.7 Å². The van der Waals surface area contributed by atoms with Crippen molar-refractivity contribution in [3.63, 3.8) is 0 Å². The highest BCUT2D eigenvalue weighted by Gasteiger charge is 2.28. The number of ether oxygens (including phenoxy) is 1. The highest BCUT2D eigenvalue weighted by Crippen LogP contribution is 2.24. The second-order valence-corrected chi connectivity index (χ2v) is 7.87. The minimum absolute atomic E-state index is 0.0276. The number of carbonyl (C=O) groups excluding carboxylic acids is 1. The van der Waals surface area contributed by atoms with Gasteiger partial charge in [-0.25, -0.2) is 0 Å². The van der Waals surface area contributed by atoms with E-state index in [2.05, 4.69) is 27.0 Å². The fourth-order valence-electron chi connectivity index (χ4n) is 3.02. The fourth-order valence-corrected chi connectivity index (χ4v) is 4.01. The van der Waals surface area contributed by atoms with Gasteiger partial charge in [0.25, 0.3) is 0 Å². The average molecular weight is 362 g/mol. The molecule has 2 atom stereocenters. The standard InChI is InChI=1S/C18H26N4O2S/c1-13-12-19-18(25-13)22-10-8-21(9-11-22)14(2)17(23)20-15-4-6-16(24-3)7-5-15/h4-7,13-14H,8-12H2,1-3H3,(H,20,23). The molecule has 0 aliphatic carbocycles. The number of benzene rings is 1. The molecule has 0 aromatic heterocycles. The lowest BCUT2D eigenvalue weighted by molar-refractivity contribution is -0.121. The summed E-state index contributed by atoms with van der Waals surface area (Å²) in [5, 5.41) is 4.74. The van der Waals surface area contributed by atoms with E-state index in [1.807, 2.05) is 43.0 Å². The second kappa shape index (κ2) is 8.10. The molecule has 0 saturated carbocycles. The molecule has 0 bridgehead atoms. The number of piperazine rings is 1. The molecule has 1 N–H and O–H groups in total. The molecule has 1 fully saturated rings. The lowest BCUT2D eigenvalue weighted by Gasteiger charge is -2.38. The Morgan fingerprint density at radius 2 is 1.96 bits per heavy atom. The van der Waals surface area contributed by atoms with Crippen LogP contribution < -0.4 is 10.1 Å². The monoisotopic (exact) mass is 362 g/mol. The molecular weight excluding hydrogens is 336 g/mol. The highest BCUT2D eigenvalue weighted by atomic mass is 32.2. The number of thioether (sulfide) groups is 1. The van der Waals surface area contributed by atoms with Crippen molar-refractivity contribution in [3.8, 4) is 5.75 Å². The summed E-state index contributed by atoms with van der Waals surface area (Å²) >= 11 is 1.86. The molecular formula is C18H26N4O2S. The number of nitrogens with one attached hydrogen (secondary N) is 1. The molecule has 2 aliphatic rings. The molecule has 1 saturated heterocycles. The van der Waals surface area contributed by atoms with Crippen LogP contribution in [0.5, 0.6) is 5.75 Å². The normalized spacial score (nSPS) is 22.4. The van der Waals surface area contributed by atoms with Gasteiger partial charge >= 0.3 is 0 Å². The molecule has 0 radical (unpaired) electrons. The van der Waals surface area contributed by atoms with Gasteiger partial charge in [0.05, 0.1) is 19.7 Å². The van der Waals surface area contributed by atoms with Crippen LogP contribution in [-0.2, 0) is 4.79 Å². The second-order valence-electron chi connectivity index (χ2n) is 6.47. The molecule has 7 heteroatoms. The van der Waals surface area contributed by atoms with Crippen molar-refractivity contribution in [1.29, 1.82) is 0 Å². The highest BCUT2D eigenvalue weighted by molar-refractivity contribution is 8.14. The minimum Gasteiger partial charge on any atom is -0.497 e. The van der Waals surface area contributed by atoms with E-state index >= 15 is 0 Å². The lowest BCUT2D eigenvalue weighted by Crippen LogP contribution is -2.53. The summed E-state index contributed by atoms with van der Waals surface area (Å²) in [6, 6.07) is 7.26. The lowest BCUT2D eigenvalue weighted by atomic mass is 10.2. The van der Waals surface area contributed by atoms with Crippen LogP contribution in [0.1, 0.15) is 13.8 Å². The third-order valence-corrected chi connectivity index (χ3v) is 5.81. The molecule has 2 unspecified atom stereocenters. The summed E-state index contributed by atoms with van der Waals surface area (Å²) < 4.78 is 5.14. The summed E-state index contributed by atoms with van der Waals surface area (Å²) in [4.78, 5) is 21.7. The van der Waals surface area contributed by atoms with Crippen molar-refractivity contribution in [1.82, 2.24) is 9.80 Å². The number of nitrogens with zero attached hydrogens (tertiary/aromatic N) is 3. The third kappa shape index (κ3) is 4.46. The Hall–Kier alpha value is -1.73. The van der Waals surface area contributed by atoms with E-state index in [0.29, 0.717) is 5.25 Å². The summed E-state index contributed by atoms with van der Waals surface area (Å²) in [5.74, 6) is 0.809. The van der Waals surface area contributed by atoms with E-state index in [0.717, 1.165) is 44.2 Å². The van der Waals surface area contributed by atoms with Crippen LogP contribution >= 0.6 is 11.8 Å². The van der Waals surface area contributed by atoms with Crippen LogP contribution in [0.25, 0.3) is 0 Å². The van der Waals surface area contributed by atoms with E-state index in [4.69, 9.17) is 4.74 Å². The van der Waals surface area contributed by atoms with Crippen molar-refractivity contribution in [2.75, 3.05) is 45.2 Å². The number of amidine groups is 1. The maximum Gasteiger partial charge on any atom is 0.241 e. The maximum atomic E-state index is 12.5. The number of carbonyl (C=O) groups is 1. The first-order valence-electron chi connectivity index (χ1n) is 8.72. The molecule has 3 rings (SSSR count). The quantitative estimate of drug-likeness (QED) is 0.889. The Bertz CT molecular complexity index is 626. The average Bonchev–Trinajstić information content (AvgIpc) is 3.08. The van der Waals surface area contributed by atoms with Crippen molar-refractivity contribution in [2.45, 2.75) is 25.1 Å². The van der Waals surface area contributed by atoms with Gasteiger partial charge in [0.2, 0.25) is 5.91 Å². The minimum atomic E-state index is -0.152. The Morgan fingerprint density at radius 3 is 2.52 bits per heavy atom. The summed E-state index contributed by atoms with van der Waals surface area (Å²) in [6.07, 6.45) is 0. The zero-order chi connectivity index (χ0) is 17.8. The molecule has 2 aliphatic heterocycles. The molecule has 25 heavy (non-hydrogen) atoms. The molecule has 6 nitrogen and oxygen atoms in total. The Kier molecular flexibility index (Phi) is 5.86. The number of hydrogen-bond acceptors (Lipinski definition) is 6. The number of aliphatic imine (C=N–C) groups is 1. The predicted molar refractivity (Wildman–Crippen MR) is 104 cm³/mol. The van der Waals surface area contributed by atoms with Gasteiger partial charge < -0.3 is 15.0 Å². The summed E-state index contributed by atoms with van der Waals surface area (Å²) in [5.41, 5.74) is 0.794. The molecule has 136 valence electrons. The van der Waals surface area contributed by atoms with Crippen molar-refractivity contribution in [3.05, 3.63) is 24.3 Å². The van der Waals surface area contributed by atoms with E-state index in [9.17, 15) is 4.79 Å². The van der Waals surface area contributed by atoms with Crippen LogP contribution in [-0.4, -0.2) is 72.0 Å². The van der Waals surface area contributed by atoms with Crippen LogP contribution in [0.3, 0.4) is 0 Å². The van der Waals surface area contributed by atoms with E-state index in [1.54, 1.807) is 7.11 Å². The predicted octanol–water partition coefficient (Wildman–Crippen LogP) is 2.13. The molecule has 1 aromatic carbocycles. The van der Waals surface area contributed by atoms with E-state index < -0.39 is 0 Å². The van der Waals surface area contributed by atoms with Gasteiger partial charge in [0, 0.05) is 37.1 Å². The van der Waals surface area contributed by atoms with E-state index in [-0.39, 0.29) is 11.9 Å². The first-order chi connectivity index (χ1) is 12.1. The Labute approximate surface area is 153 Å². The first kappa shape index (κ1) is 18.1. The fraction of sp³-hybridized carbons (Fsp3) is 0.556. The van der Waals surface area contributed by atoms with Crippen LogP contribution in [0.4, 0.5) is 5.69 Å². The van der Waals surface area contributed by atoms with Crippen molar-refractivity contribution in [2.24, 2.45) is 4.99 Å². The smallest absolute Gasteiger partial charge is 0.241 e. The number of rotatable bonds is 4. The molecule has 1 amide bonds. The third-order valence-electron chi connectivity index (χ3n) is 4.66. The van der Waals surface area contributed by atoms with E-state index in [1.165, 1.54) is 5.17 Å². The van der Waals surface area contributed by atoms with Crippen molar-refractivity contribution >= 4 is 28.5 Å². The number of amides is 1. The largest absolute Gasteiger partial charge is 0.497 e. The van der Waals surface area contributed by atoms with Gasteiger partial charge in [-0.15, -0.1) is 0 Å². The first-order valence-corrected chi connectivity index (χ1v) is 9.60. The zero-order valence-electron chi connectivity index (χ0n) is 15.1. The van der Waals surface area contributed by atoms with Crippen LogP contribution in [0.2, 0.25) is 0 Å². The van der Waals surface area contributed by atoms with Gasteiger partial charge in [-0.3, -0.25) is 14.7 Å². The summed E-state index contributed by atoms with van der Waals surface area (Å²) in [7, 11) is 1.63. The Balaban J connectivity index is 1.49.